The summed E-state index contributed by atoms with van der Waals surface area (Å²) >= 11 is 11.8. The third kappa shape index (κ3) is 2.01. The van der Waals surface area contributed by atoms with Crippen LogP contribution in [0.1, 0.15) is 5.69 Å². The van der Waals surface area contributed by atoms with Crippen LogP contribution in [0.3, 0.4) is 0 Å². The first-order valence-corrected chi connectivity index (χ1v) is 5.57. The van der Waals surface area contributed by atoms with Gasteiger partial charge in [0.2, 0.25) is 5.95 Å². The van der Waals surface area contributed by atoms with E-state index in [0.717, 1.165) is 22.9 Å². The van der Waals surface area contributed by atoms with Gasteiger partial charge >= 0.3 is 0 Å². The van der Waals surface area contributed by atoms with Gasteiger partial charge in [0.05, 0.1) is 15.7 Å². The Morgan fingerprint density at radius 3 is 2.56 bits per heavy atom. The second kappa shape index (κ2) is 4.36. The van der Waals surface area contributed by atoms with Crippen LogP contribution < -0.4 is 5.32 Å². The summed E-state index contributed by atoms with van der Waals surface area (Å²) < 4.78 is 0. The first-order valence-electron chi connectivity index (χ1n) is 4.81. The standard InChI is InChI=1S/C11H11Cl2N3/c1-6-10(16-11(14-2)15-6)7-3-4-8(12)9(13)5-7/h3-5H,1-2H3,(H2,14,15,16). The first-order chi connectivity index (χ1) is 7.61. The summed E-state index contributed by atoms with van der Waals surface area (Å²) in [7, 11) is 1.82. The zero-order chi connectivity index (χ0) is 11.7. The number of H-pyrrole nitrogens is 1. The molecule has 3 nitrogen and oxygen atoms in total. The SMILES string of the molecule is CNc1nc(-c2ccc(Cl)c(Cl)c2)c(C)[nH]1. The van der Waals surface area contributed by atoms with Crippen molar-refractivity contribution in [3.63, 3.8) is 0 Å². The minimum Gasteiger partial charge on any atom is -0.359 e. The Hall–Kier alpha value is -1.19. The summed E-state index contributed by atoms with van der Waals surface area (Å²) in [6.07, 6.45) is 0. The normalized spacial score (nSPS) is 10.5. The number of halogens is 2. The summed E-state index contributed by atoms with van der Waals surface area (Å²) in [6, 6.07) is 5.48. The van der Waals surface area contributed by atoms with Crippen molar-refractivity contribution in [1.29, 1.82) is 0 Å². The largest absolute Gasteiger partial charge is 0.359 e. The van der Waals surface area contributed by atoms with Crippen LogP contribution in [0.15, 0.2) is 18.2 Å². The molecule has 0 fully saturated rings. The number of anilines is 1. The van der Waals surface area contributed by atoms with Gasteiger partial charge in [0.15, 0.2) is 0 Å². The molecule has 0 bridgehead atoms. The summed E-state index contributed by atoms with van der Waals surface area (Å²) in [4.78, 5) is 7.53. The summed E-state index contributed by atoms with van der Waals surface area (Å²) in [5.41, 5.74) is 2.82. The maximum absolute atomic E-state index is 5.97. The molecule has 0 unspecified atom stereocenters. The van der Waals surface area contributed by atoms with Crippen molar-refractivity contribution in [2.75, 3.05) is 12.4 Å². The van der Waals surface area contributed by atoms with Crippen LogP contribution in [0.4, 0.5) is 5.95 Å². The highest BCUT2D eigenvalue weighted by molar-refractivity contribution is 6.42. The van der Waals surface area contributed by atoms with E-state index in [0.29, 0.717) is 10.0 Å². The van der Waals surface area contributed by atoms with Gasteiger partial charge in [-0.2, -0.15) is 0 Å². The van der Waals surface area contributed by atoms with Crippen LogP contribution in [0.2, 0.25) is 10.0 Å². The van der Waals surface area contributed by atoms with Gasteiger partial charge < -0.3 is 10.3 Å². The highest BCUT2D eigenvalue weighted by Crippen LogP contribution is 2.29. The summed E-state index contributed by atoms with van der Waals surface area (Å²) in [5.74, 6) is 0.735. The number of aryl methyl sites for hydroxylation is 1. The fourth-order valence-corrected chi connectivity index (χ4v) is 1.80. The molecular formula is C11H11Cl2N3. The van der Waals surface area contributed by atoms with Crippen LogP contribution >= 0.6 is 23.2 Å². The lowest BCUT2D eigenvalue weighted by Gasteiger charge is -2.00. The Morgan fingerprint density at radius 2 is 2.00 bits per heavy atom. The molecule has 5 heteroatoms. The van der Waals surface area contributed by atoms with Gasteiger partial charge in [-0.05, 0) is 19.1 Å². The fourth-order valence-electron chi connectivity index (χ4n) is 1.50. The van der Waals surface area contributed by atoms with E-state index in [1.807, 2.05) is 26.1 Å². The van der Waals surface area contributed by atoms with Crippen LogP contribution in [-0.2, 0) is 0 Å². The topological polar surface area (TPSA) is 40.7 Å². The zero-order valence-corrected chi connectivity index (χ0v) is 10.4. The minimum absolute atomic E-state index is 0.535. The van der Waals surface area contributed by atoms with Gasteiger partial charge in [-0.3, -0.25) is 0 Å². The quantitative estimate of drug-likeness (QED) is 0.859. The van der Waals surface area contributed by atoms with E-state index >= 15 is 0 Å². The van der Waals surface area contributed by atoms with Crippen LogP contribution in [0.25, 0.3) is 11.3 Å². The van der Waals surface area contributed by atoms with E-state index in [1.165, 1.54) is 0 Å². The Bertz CT molecular complexity index is 520. The average Bonchev–Trinajstić information content (AvgIpc) is 2.64. The molecule has 1 aromatic heterocycles. The molecule has 2 aromatic rings. The second-order valence-electron chi connectivity index (χ2n) is 3.44. The van der Waals surface area contributed by atoms with Crippen LogP contribution in [0.5, 0.6) is 0 Å². The summed E-state index contributed by atoms with van der Waals surface area (Å²) in [5, 5.41) is 4.04. The smallest absolute Gasteiger partial charge is 0.200 e. The van der Waals surface area contributed by atoms with E-state index in [2.05, 4.69) is 15.3 Å². The predicted molar refractivity (Wildman–Crippen MR) is 68.3 cm³/mol. The molecule has 0 aliphatic heterocycles. The van der Waals surface area contributed by atoms with E-state index in [-0.39, 0.29) is 0 Å². The fraction of sp³-hybridized carbons (Fsp3) is 0.182. The van der Waals surface area contributed by atoms with Crippen molar-refractivity contribution in [1.82, 2.24) is 9.97 Å². The third-order valence-electron chi connectivity index (χ3n) is 2.31. The van der Waals surface area contributed by atoms with Gasteiger partial charge in [-0.1, -0.05) is 29.3 Å². The molecule has 0 aliphatic rings. The minimum atomic E-state index is 0.535. The third-order valence-corrected chi connectivity index (χ3v) is 3.05. The van der Waals surface area contributed by atoms with Gasteiger partial charge in [0, 0.05) is 18.3 Å². The van der Waals surface area contributed by atoms with Crippen molar-refractivity contribution in [2.24, 2.45) is 0 Å². The molecule has 2 N–H and O–H groups in total. The van der Waals surface area contributed by atoms with Crippen molar-refractivity contribution >= 4 is 29.2 Å². The number of aromatic nitrogens is 2. The van der Waals surface area contributed by atoms with Crippen molar-refractivity contribution < 1.29 is 0 Å². The molecule has 16 heavy (non-hydrogen) atoms. The van der Waals surface area contributed by atoms with Crippen LogP contribution in [0, 0.1) is 6.92 Å². The maximum Gasteiger partial charge on any atom is 0.200 e. The molecule has 1 aromatic carbocycles. The Balaban J connectivity index is 2.49. The Morgan fingerprint density at radius 1 is 1.25 bits per heavy atom. The second-order valence-corrected chi connectivity index (χ2v) is 4.25. The van der Waals surface area contributed by atoms with E-state index in [9.17, 15) is 0 Å². The van der Waals surface area contributed by atoms with Crippen molar-refractivity contribution in [3.8, 4) is 11.3 Å². The van der Waals surface area contributed by atoms with Gasteiger partial charge in [0.1, 0.15) is 0 Å². The number of nitrogens with one attached hydrogen (secondary N) is 2. The van der Waals surface area contributed by atoms with E-state index < -0.39 is 0 Å². The number of aromatic amines is 1. The lowest BCUT2D eigenvalue weighted by atomic mass is 10.1. The zero-order valence-electron chi connectivity index (χ0n) is 8.94. The van der Waals surface area contributed by atoms with Crippen molar-refractivity contribution in [3.05, 3.63) is 33.9 Å². The molecule has 0 radical (unpaired) electrons. The maximum atomic E-state index is 5.97. The number of hydrogen-bond acceptors (Lipinski definition) is 2. The molecule has 0 aliphatic carbocycles. The highest BCUT2D eigenvalue weighted by Gasteiger charge is 2.09. The molecule has 0 atom stereocenters. The molecule has 84 valence electrons. The van der Waals surface area contributed by atoms with Gasteiger partial charge in [-0.15, -0.1) is 0 Å². The van der Waals surface area contributed by atoms with Gasteiger partial charge in [0.25, 0.3) is 0 Å². The molecular weight excluding hydrogens is 245 g/mol. The summed E-state index contributed by atoms with van der Waals surface area (Å²) in [6.45, 7) is 1.96. The lowest BCUT2D eigenvalue weighted by Crippen LogP contribution is -1.89. The monoisotopic (exact) mass is 255 g/mol. The van der Waals surface area contributed by atoms with Crippen molar-refractivity contribution in [2.45, 2.75) is 6.92 Å². The Labute approximate surface area is 104 Å². The Kier molecular flexibility index (Phi) is 3.08. The molecule has 0 amide bonds. The molecule has 2 rings (SSSR count). The van der Waals surface area contributed by atoms with E-state index in [4.69, 9.17) is 23.2 Å². The predicted octanol–water partition coefficient (Wildman–Crippen LogP) is 3.73. The number of nitrogens with zero attached hydrogens (tertiary/aromatic N) is 1. The lowest BCUT2D eigenvalue weighted by molar-refractivity contribution is 1.23. The molecule has 0 saturated carbocycles. The molecule has 1 heterocycles. The number of imidazole rings is 1. The number of rotatable bonds is 2. The first kappa shape index (κ1) is 11.3. The number of hydrogen-bond donors (Lipinski definition) is 2. The number of benzene rings is 1. The molecule has 0 spiro atoms. The highest BCUT2D eigenvalue weighted by atomic mass is 35.5. The van der Waals surface area contributed by atoms with Crippen LogP contribution in [-0.4, -0.2) is 17.0 Å². The average molecular weight is 256 g/mol. The molecule has 0 saturated heterocycles. The van der Waals surface area contributed by atoms with E-state index in [1.54, 1.807) is 6.07 Å². The van der Waals surface area contributed by atoms with Gasteiger partial charge in [-0.25, -0.2) is 4.98 Å².